The molecule has 19 heavy (non-hydrogen) atoms. The molecule has 0 aliphatic carbocycles. The number of hydrogen-bond acceptors (Lipinski definition) is 5. The van der Waals surface area contributed by atoms with E-state index < -0.39 is 11.9 Å². The van der Waals surface area contributed by atoms with E-state index in [0.717, 1.165) is 0 Å². The van der Waals surface area contributed by atoms with Crippen molar-refractivity contribution in [3.8, 4) is 0 Å². The standard InChI is InChI=1S/C12H13NO5.Ca.2H/c14-11(15)9-2-1-3-10(8-9)12(16)18-13-4-6-17-7-5-13;;;/h1-3,8H,4-7H2,(H,14,15);;;. The van der Waals surface area contributed by atoms with E-state index in [2.05, 4.69) is 0 Å². The molecule has 0 bridgehead atoms. The molecule has 1 saturated heterocycles. The average Bonchev–Trinajstić information content (AvgIpc) is 2.40. The van der Waals surface area contributed by atoms with Gasteiger partial charge in [-0.1, -0.05) is 6.07 Å². The number of nitrogens with zero attached hydrogens (tertiary/aromatic N) is 1. The Kier molecular flexibility index (Phi) is 6.74. The van der Waals surface area contributed by atoms with Crippen molar-refractivity contribution in [2.45, 2.75) is 0 Å². The Morgan fingerprint density at radius 1 is 1.21 bits per heavy atom. The van der Waals surface area contributed by atoms with Gasteiger partial charge in [0.1, 0.15) is 0 Å². The molecular formula is C12H15CaNO5. The number of carbonyl (C=O) groups excluding carboxylic acids is 1. The first kappa shape index (κ1) is 16.4. The van der Waals surface area contributed by atoms with Crippen LogP contribution in [0, 0.1) is 0 Å². The number of rotatable bonds is 3. The quantitative estimate of drug-likeness (QED) is 0.783. The molecule has 0 radical (unpaired) electrons. The molecule has 1 aromatic carbocycles. The number of hydroxylamine groups is 2. The SMILES string of the molecule is O=C(O)c1cccc(C(=O)ON2CCOCC2)c1.[CaH2]. The minimum absolute atomic E-state index is 0. The molecule has 6 nitrogen and oxygen atoms in total. The van der Waals surface area contributed by atoms with Crippen molar-refractivity contribution in [1.29, 1.82) is 0 Å². The molecule has 1 heterocycles. The van der Waals surface area contributed by atoms with E-state index in [-0.39, 0.29) is 48.9 Å². The number of aromatic carboxylic acids is 1. The van der Waals surface area contributed by atoms with Crippen molar-refractivity contribution in [3.05, 3.63) is 35.4 Å². The van der Waals surface area contributed by atoms with Gasteiger partial charge in [0, 0.05) is 0 Å². The molecule has 1 aliphatic heterocycles. The molecule has 0 saturated carbocycles. The Bertz CT molecular complexity index is 459. The van der Waals surface area contributed by atoms with Crippen LogP contribution in [0.15, 0.2) is 24.3 Å². The molecule has 2 rings (SSSR count). The van der Waals surface area contributed by atoms with Gasteiger partial charge in [0.2, 0.25) is 0 Å². The van der Waals surface area contributed by atoms with E-state index in [1.807, 2.05) is 0 Å². The van der Waals surface area contributed by atoms with Crippen LogP contribution in [-0.4, -0.2) is 86.1 Å². The molecule has 7 heteroatoms. The summed E-state index contributed by atoms with van der Waals surface area (Å²) >= 11 is 0. The van der Waals surface area contributed by atoms with Gasteiger partial charge in [0.15, 0.2) is 0 Å². The van der Waals surface area contributed by atoms with E-state index in [9.17, 15) is 9.59 Å². The second kappa shape index (κ2) is 7.81. The number of benzene rings is 1. The summed E-state index contributed by atoms with van der Waals surface area (Å²) in [4.78, 5) is 27.7. The maximum atomic E-state index is 11.8. The molecular weight excluding hydrogens is 278 g/mol. The van der Waals surface area contributed by atoms with Gasteiger partial charge in [-0.25, -0.2) is 9.59 Å². The van der Waals surface area contributed by atoms with Crippen molar-refractivity contribution in [3.63, 3.8) is 0 Å². The van der Waals surface area contributed by atoms with E-state index in [1.165, 1.54) is 29.3 Å². The third-order valence-electron chi connectivity index (χ3n) is 2.53. The van der Waals surface area contributed by atoms with Crippen LogP contribution in [0.1, 0.15) is 20.7 Å². The molecule has 1 N–H and O–H groups in total. The fourth-order valence-corrected chi connectivity index (χ4v) is 1.59. The Morgan fingerprint density at radius 3 is 2.47 bits per heavy atom. The number of carbonyl (C=O) groups is 2. The monoisotopic (exact) mass is 293 g/mol. The first-order chi connectivity index (χ1) is 8.66. The van der Waals surface area contributed by atoms with Gasteiger partial charge in [-0.15, -0.1) is 5.06 Å². The second-order valence-corrected chi connectivity index (χ2v) is 3.81. The number of carboxylic acid groups (broad SMARTS) is 1. The summed E-state index contributed by atoms with van der Waals surface area (Å²) in [6, 6.07) is 5.76. The zero-order valence-electron chi connectivity index (χ0n) is 9.67. The predicted molar refractivity (Wildman–Crippen MR) is 69.8 cm³/mol. The minimum atomic E-state index is -1.07. The van der Waals surface area contributed by atoms with Crippen LogP contribution < -0.4 is 0 Å². The molecule has 100 valence electrons. The number of hydrogen-bond donors (Lipinski definition) is 1. The van der Waals surface area contributed by atoms with Crippen LogP contribution in [0.3, 0.4) is 0 Å². The zero-order chi connectivity index (χ0) is 13.0. The van der Waals surface area contributed by atoms with Gasteiger partial charge < -0.3 is 14.7 Å². The second-order valence-electron chi connectivity index (χ2n) is 3.81. The Hall–Kier alpha value is -0.660. The van der Waals surface area contributed by atoms with Gasteiger partial charge in [-0.05, 0) is 18.2 Å². The molecule has 0 atom stereocenters. The Balaban J connectivity index is 0.00000180. The number of carboxylic acids is 1. The van der Waals surface area contributed by atoms with Crippen molar-refractivity contribution >= 4 is 49.7 Å². The van der Waals surface area contributed by atoms with Crippen LogP contribution >= 0.6 is 0 Å². The summed E-state index contributed by atoms with van der Waals surface area (Å²) in [6.07, 6.45) is 0. The van der Waals surface area contributed by atoms with Crippen molar-refractivity contribution in [1.82, 2.24) is 5.06 Å². The molecule has 1 aliphatic rings. The third kappa shape index (κ3) is 4.74. The zero-order valence-corrected chi connectivity index (χ0v) is 9.67. The summed E-state index contributed by atoms with van der Waals surface area (Å²) in [5, 5.41) is 10.3. The molecule has 0 unspecified atom stereocenters. The van der Waals surface area contributed by atoms with Gasteiger partial charge in [-0.3, -0.25) is 0 Å². The van der Waals surface area contributed by atoms with E-state index >= 15 is 0 Å². The van der Waals surface area contributed by atoms with Gasteiger partial charge in [0.25, 0.3) is 0 Å². The van der Waals surface area contributed by atoms with Gasteiger partial charge in [0.05, 0.1) is 37.4 Å². The average molecular weight is 293 g/mol. The summed E-state index contributed by atoms with van der Waals surface area (Å²) in [6.45, 7) is 2.07. The topological polar surface area (TPSA) is 76.1 Å². The summed E-state index contributed by atoms with van der Waals surface area (Å²) < 4.78 is 5.13. The van der Waals surface area contributed by atoms with Crippen LogP contribution in [0.4, 0.5) is 0 Å². The van der Waals surface area contributed by atoms with E-state index in [1.54, 1.807) is 0 Å². The molecule has 0 spiro atoms. The van der Waals surface area contributed by atoms with Crippen molar-refractivity contribution in [2.24, 2.45) is 0 Å². The maximum absolute atomic E-state index is 11.8. The Labute approximate surface area is 140 Å². The fraction of sp³-hybridized carbons (Fsp3) is 0.333. The molecule has 1 aromatic rings. The van der Waals surface area contributed by atoms with Crippen molar-refractivity contribution < 1.29 is 24.3 Å². The molecule has 0 amide bonds. The normalized spacial score (nSPS) is 15.4. The summed E-state index contributed by atoms with van der Waals surface area (Å²) in [5.74, 6) is -1.63. The number of ether oxygens (including phenoxy) is 1. The number of morpholine rings is 1. The third-order valence-corrected chi connectivity index (χ3v) is 2.53. The summed E-state index contributed by atoms with van der Waals surface area (Å²) in [7, 11) is 0. The molecule has 0 aromatic heterocycles. The van der Waals surface area contributed by atoms with Gasteiger partial charge >= 0.3 is 49.7 Å². The van der Waals surface area contributed by atoms with Crippen LogP contribution in [-0.2, 0) is 9.57 Å². The van der Waals surface area contributed by atoms with Crippen molar-refractivity contribution in [2.75, 3.05) is 26.3 Å². The predicted octanol–water partition coefficient (Wildman–Crippen LogP) is -0.127. The first-order valence-corrected chi connectivity index (χ1v) is 5.55. The summed E-state index contributed by atoms with van der Waals surface area (Å²) in [5.41, 5.74) is 0.285. The Morgan fingerprint density at radius 2 is 1.84 bits per heavy atom. The van der Waals surface area contributed by atoms with Crippen LogP contribution in [0.5, 0.6) is 0 Å². The van der Waals surface area contributed by atoms with E-state index in [4.69, 9.17) is 14.7 Å². The fourth-order valence-electron chi connectivity index (χ4n) is 1.59. The first-order valence-electron chi connectivity index (χ1n) is 5.55. The van der Waals surface area contributed by atoms with Crippen LogP contribution in [0.2, 0.25) is 0 Å². The van der Waals surface area contributed by atoms with Gasteiger partial charge in [-0.2, -0.15) is 0 Å². The van der Waals surface area contributed by atoms with E-state index in [0.29, 0.717) is 26.3 Å². The molecule has 1 fully saturated rings. The van der Waals surface area contributed by atoms with Crippen LogP contribution in [0.25, 0.3) is 0 Å².